The summed E-state index contributed by atoms with van der Waals surface area (Å²) in [5, 5.41) is 0. The minimum atomic E-state index is -7.24. The lowest BCUT2D eigenvalue weighted by Crippen LogP contribution is -2.66. The molecule has 0 radical (unpaired) electrons. The van der Waals surface area contributed by atoms with Gasteiger partial charge in [-0.1, -0.05) is 22.9 Å². The van der Waals surface area contributed by atoms with E-state index < -0.39 is 78.6 Å². The molecule has 0 bridgehead atoms. The summed E-state index contributed by atoms with van der Waals surface area (Å²) in [6, 6.07) is 2.89. The van der Waals surface area contributed by atoms with E-state index in [2.05, 4.69) is 4.18 Å². The molecule has 1 unspecified atom stereocenters. The number of aromatic nitrogens is 1. The molecule has 1 aromatic rings. The van der Waals surface area contributed by atoms with Gasteiger partial charge in [0, 0.05) is 18.6 Å². The maximum atomic E-state index is 13.8. The van der Waals surface area contributed by atoms with Crippen molar-refractivity contribution in [2.45, 2.75) is 68.3 Å². The van der Waals surface area contributed by atoms with Crippen LogP contribution in [-0.4, -0.2) is 44.6 Å². The van der Waals surface area contributed by atoms with E-state index in [1.165, 1.54) is 0 Å². The molecule has 0 aliphatic carbocycles. The molecule has 0 aliphatic rings. The van der Waals surface area contributed by atoms with E-state index in [1.54, 1.807) is 0 Å². The Kier molecular flexibility index (Phi) is 8.72. The van der Waals surface area contributed by atoms with Crippen molar-refractivity contribution in [3.8, 4) is 0 Å². The van der Waals surface area contributed by atoms with Crippen molar-refractivity contribution in [2.24, 2.45) is 0 Å². The Morgan fingerprint density at radius 3 is 1.76 bits per heavy atom. The zero-order valence-corrected chi connectivity index (χ0v) is 16.9. The van der Waals surface area contributed by atoms with Crippen LogP contribution >= 0.6 is 0 Å². The smallest absolute Gasteiger partial charge is 0.241 e. The van der Waals surface area contributed by atoms with E-state index >= 15 is 0 Å². The number of unbranched alkanes of at least 4 members (excludes halogenated alkanes) is 2. The minimum absolute atomic E-state index is 0.258. The molecular formula is C16H16F12NO3S+. The van der Waals surface area contributed by atoms with Gasteiger partial charge in [0.1, 0.15) is 0 Å². The second-order valence-corrected chi connectivity index (χ2v) is 8.16. The molecule has 1 aromatic heterocycles. The summed E-state index contributed by atoms with van der Waals surface area (Å²) in [4.78, 5) is 0. The highest BCUT2D eigenvalue weighted by molar-refractivity contribution is 7.80. The molecule has 192 valence electrons. The summed E-state index contributed by atoms with van der Waals surface area (Å²) in [6.45, 7) is 0. The highest BCUT2D eigenvalue weighted by Gasteiger charge is 2.84. The minimum Gasteiger partial charge on any atom is -0.241 e. The molecule has 0 aromatic carbocycles. The van der Waals surface area contributed by atoms with Crippen molar-refractivity contribution >= 4 is 10.3 Å². The van der Waals surface area contributed by atoms with Gasteiger partial charge in [-0.15, -0.1) is 12.6 Å². The Morgan fingerprint density at radius 1 is 0.758 bits per heavy atom. The Bertz CT molecular complexity index is 874. The summed E-state index contributed by atoms with van der Waals surface area (Å²) in [7, 11) is -5.94. The molecular weight excluding hydrogens is 514 g/mol. The summed E-state index contributed by atoms with van der Waals surface area (Å²) >= 11 is 0. The molecule has 0 N–H and O–H groups in total. The summed E-state index contributed by atoms with van der Waals surface area (Å²) in [6.07, 6.45) is -19.9. The molecule has 0 spiro atoms. The maximum Gasteiger partial charge on any atom is 0.519 e. The first kappa shape index (κ1) is 29.3. The fourth-order valence-electron chi connectivity index (χ4n) is 2.36. The Hall–Kier alpha value is -1.78. The second kappa shape index (κ2) is 9.84. The van der Waals surface area contributed by atoms with Crippen LogP contribution in [0.5, 0.6) is 0 Å². The molecule has 0 amide bonds. The molecule has 17 heteroatoms. The largest absolute Gasteiger partial charge is 0.519 e. The van der Waals surface area contributed by atoms with Gasteiger partial charge in [0.25, 0.3) is 0 Å². The third kappa shape index (κ3) is 6.64. The van der Waals surface area contributed by atoms with E-state index in [-0.39, 0.29) is 3.97 Å². The normalized spacial score (nSPS) is 15.5. The number of pyridine rings is 1. The zero-order valence-electron chi connectivity index (χ0n) is 16.1. The van der Waals surface area contributed by atoms with Crippen molar-refractivity contribution < 1.29 is 69.3 Å². The summed E-state index contributed by atoms with van der Waals surface area (Å²) < 4.78 is 185. The van der Waals surface area contributed by atoms with Gasteiger partial charge in [0.05, 0.1) is 0 Å². The second-order valence-electron chi connectivity index (χ2n) is 6.72. The van der Waals surface area contributed by atoms with Crippen LogP contribution in [0.3, 0.4) is 0 Å². The maximum absolute atomic E-state index is 13.8. The SMILES string of the molecule is O=S(=O)(OC(F)(F)C(F)(F)C(F)(F)C(F)(F)C(F)CCCCCC(F)(F)F)[n+]1ccccc1. The highest BCUT2D eigenvalue weighted by atomic mass is 32.2. The average Bonchev–Trinajstić information content (AvgIpc) is 2.66. The quantitative estimate of drug-likeness (QED) is 0.206. The van der Waals surface area contributed by atoms with E-state index in [0.29, 0.717) is 12.4 Å². The van der Waals surface area contributed by atoms with Crippen molar-refractivity contribution in [1.82, 2.24) is 0 Å². The van der Waals surface area contributed by atoms with Gasteiger partial charge in [-0.05, 0) is 12.8 Å². The van der Waals surface area contributed by atoms with Crippen LogP contribution in [0.15, 0.2) is 30.6 Å². The molecule has 4 nitrogen and oxygen atoms in total. The van der Waals surface area contributed by atoms with Crippen molar-refractivity contribution in [1.29, 1.82) is 0 Å². The Labute approximate surface area is 179 Å². The lowest BCUT2D eigenvalue weighted by atomic mass is 9.96. The van der Waals surface area contributed by atoms with E-state index in [0.717, 1.165) is 18.2 Å². The van der Waals surface area contributed by atoms with E-state index in [1.807, 2.05) is 0 Å². The fraction of sp³-hybridized carbons (Fsp3) is 0.688. The molecule has 1 rings (SSSR count). The number of alkyl halides is 12. The van der Waals surface area contributed by atoms with E-state index in [9.17, 15) is 61.1 Å². The highest BCUT2D eigenvalue weighted by Crippen LogP contribution is 2.55. The molecule has 0 fully saturated rings. The molecule has 1 atom stereocenters. The van der Waals surface area contributed by atoms with Crippen molar-refractivity contribution in [2.75, 3.05) is 0 Å². The number of hydrogen-bond acceptors (Lipinski definition) is 3. The van der Waals surface area contributed by atoms with Crippen molar-refractivity contribution in [3.05, 3.63) is 30.6 Å². The third-order valence-corrected chi connectivity index (χ3v) is 5.33. The Morgan fingerprint density at radius 2 is 1.27 bits per heavy atom. The number of halogens is 12. The average molecular weight is 530 g/mol. The van der Waals surface area contributed by atoms with Crippen LogP contribution < -0.4 is 3.97 Å². The predicted molar refractivity (Wildman–Crippen MR) is 85.9 cm³/mol. The number of nitrogens with zero attached hydrogens (tertiary/aromatic N) is 1. The van der Waals surface area contributed by atoms with Gasteiger partial charge in [0.15, 0.2) is 18.6 Å². The van der Waals surface area contributed by atoms with Crippen LogP contribution in [0.1, 0.15) is 32.1 Å². The lowest BCUT2D eigenvalue weighted by Gasteiger charge is -2.36. The van der Waals surface area contributed by atoms with Crippen LogP contribution in [0.4, 0.5) is 52.7 Å². The third-order valence-electron chi connectivity index (χ3n) is 4.15. The number of hydrogen-bond donors (Lipinski definition) is 0. The fourth-order valence-corrected chi connectivity index (χ4v) is 3.25. The molecule has 0 saturated carbocycles. The first-order valence-electron chi connectivity index (χ1n) is 8.83. The van der Waals surface area contributed by atoms with Crippen molar-refractivity contribution in [3.63, 3.8) is 0 Å². The van der Waals surface area contributed by atoms with Crippen LogP contribution in [0, 0.1) is 0 Å². The molecule has 33 heavy (non-hydrogen) atoms. The zero-order chi connectivity index (χ0) is 25.9. The van der Waals surface area contributed by atoms with Crippen LogP contribution in [0.25, 0.3) is 0 Å². The van der Waals surface area contributed by atoms with Crippen LogP contribution in [0.2, 0.25) is 0 Å². The lowest BCUT2D eigenvalue weighted by molar-refractivity contribution is -0.529. The van der Waals surface area contributed by atoms with Gasteiger partial charge < -0.3 is 0 Å². The van der Waals surface area contributed by atoms with Gasteiger partial charge >= 0.3 is 40.4 Å². The van der Waals surface area contributed by atoms with Gasteiger partial charge in [-0.3, -0.25) is 0 Å². The molecule has 0 aliphatic heterocycles. The number of rotatable bonds is 12. The first-order chi connectivity index (χ1) is 14.7. The van der Waals surface area contributed by atoms with Gasteiger partial charge in [0.2, 0.25) is 0 Å². The van der Waals surface area contributed by atoms with Gasteiger partial charge in [-0.2, -0.15) is 48.3 Å². The summed E-state index contributed by atoms with van der Waals surface area (Å²) in [5.41, 5.74) is 0. The summed E-state index contributed by atoms with van der Waals surface area (Å²) in [5.74, 6) is -20.9. The Balaban J connectivity index is 3.01. The molecule has 0 saturated heterocycles. The first-order valence-corrected chi connectivity index (χ1v) is 10.2. The van der Waals surface area contributed by atoms with E-state index in [4.69, 9.17) is 0 Å². The predicted octanol–water partition coefficient (Wildman–Crippen LogP) is 5.43. The van der Waals surface area contributed by atoms with Gasteiger partial charge in [-0.25, -0.2) is 4.39 Å². The molecule has 1 heterocycles. The van der Waals surface area contributed by atoms with Crippen LogP contribution in [-0.2, 0) is 14.5 Å². The monoisotopic (exact) mass is 530 g/mol. The topological polar surface area (TPSA) is 47.3 Å². The standard InChI is InChI=1S/C16H16F12NO3S/c17-11(7-3-1-4-8-12(18,19)20)13(21,22)14(23,24)15(25,26)16(27,28)32-33(30,31)29-9-5-2-6-10-29/h2,5-6,9-11H,1,3-4,7-8H2/q+1.